The lowest BCUT2D eigenvalue weighted by molar-refractivity contribution is 0.0457. The SMILES string of the molecule is Cn1cc(N)cc1C(=O)OCc1cccc(C#N)c1F. The Balaban J connectivity index is 2.12. The first-order valence-corrected chi connectivity index (χ1v) is 5.79. The van der Waals surface area contributed by atoms with Crippen molar-refractivity contribution in [1.29, 1.82) is 5.26 Å². The number of rotatable bonds is 3. The summed E-state index contributed by atoms with van der Waals surface area (Å²) in [5.41, 5.74) is 6.35. The molecule has 1 heterocycles. The van der Waals surface area contributed by atoms with Gasteiger partial charge in [-0.25, -0.2) is 9.18 Å². The number of hydrogen-bond donors (Lipinski definition) is 1. The van der Waals surface area contributed by atoms with Crippen LogP contribution in [0.15, 0.2) is 30.5 Å². The van der Waals surface area contributed by atoms with Gasteiger partial charge in [0.25, 0.3) is 0 Å². The fraction of sp³-hybridized carbons (Fsp3) is 0.143. The van der Waals surface area contributed by atoms with Gasteiger partial charge in [-0.1, -0.05) is 12.1 Å². The highest BCUT2D eigenvalue weighted by Gasteiger charge is 2.14. The summed E-state index contributed by atoms with van der Waals surface area (Å²) in [5.74, 6) is -1.28. The number of nitrogens with two attached hydrogens (primary N) is 1. The molecule has 0 amide bonds. The summed E-state index contributed by atoms with van der Waals surface area (Å²) < 4.78 is 20.3. The van der Waals surface area contributed by atoms with Gasteiger partial charge >= 0.3 is 5.97 Å². The van der Waals surface area contributed by atoms with E-state index in [4.69, 9.17) is 15.7 Å². The van der Waals surface area contributed by atoms with Crippen molar-refractivity contribution in [3.8, 4) is 6.07 Å². The van der Waals surface area contributed by atoms with Crippen molar-refractivity contribution in [2.24, 2.45) is 7.05 Å². The van der Waals surface area contributed by atoms with E-state index in [0.717, 1.165) is 0 Å². The molecule has 0 unspecified atom stereocenters. The highest BCUT2D eigenvalue weighted by atomic mass is 19.1. The Hall–Kier alpha value is -2.81. The van der Waals surface area contributed by atoms with Gasteiger partial charge in [-0.2, -0.15) is 5.26 Å². The van der Waals surface area contributed by atoms with Crippen molar-refractivity contribution >= 4 is 11.7 Å². The van der Waals surface area contributed by atoms with Gasteiger partial charge in [0.1, 0.15) is 24.2 Å². The number of nitrogens with zero attached hydrogens (tertiary/aromatic N) is 2. The Morgan fingerprint density at radius 1 is 1.55 bits per heavy atom. The van der Waals surface area contributed by atoms with E-state index in [1.807, 2.05) is 0 Å². The van der Waals surface area contributed by atoms with Crippen molar-refractivity contribution in [3.63, 3.8) is 0 Å². The molecule has 2 N–H and O–H groups in total. The number of nitriles is 1. The largest absolute Gasteiger partial charge is 0.456 e. The van der Waals surface area contributed by atoms with Gasteiger partial charge < -0.3 is 15.0 Å². The van der Waals surface area contributed by atoms with Gasteiger partial charge in [-0.15, -0.1) is 0 Å². The summed E-state index contributed by atoms with van der Waals surface area (Å²) in [6.07, 6.45) is 1.58. The first-order valence-electron chi connectivity index (χ1n) is 5.79. The second-order valence-electron chi connectivity index (χ2n) is 4.24. The molecule has 20 heavy (non-hydrogen) atoms. The lowest BCUT2D eigenvalue weighted by atomic mass is 10.1. The number of ether oxygens (including phenoxy) is 1. The van der Waals surface area contributed by atoms with Crippen LogP contribution in [0.1, 0.15) is 21.6 Å². The van der Waals surface area contributed by atoms with Crippen molar-refractivity contribution in [1.82, 2.24) is 4.57 Å². The van der Waals surface area contributed by atoms with E-state index in [1.165, 1.54) is 28.8 Å². The van der Waals surface area contributed by atoms with E-state index in [-0.39, 0.29) is 23.4 Å². The molecule has 6 heteroatoms. The zero-order valence-corrected chi connectivity index (χ0v) is 10.8. The quantitative estimate of drug-likeness (QED) is 0.867. The van der Waals surface area contributed by atoms with Crippen LogP contribution in [0.2, 0.25) is 0 Å². The number of nitrogen functional groups attached to an aromatic ring is 1. The normalized spacial score (nSPS) is 10.1. The fourth-order valence-electron chi connectivity index (χ4n) is 1.79. The summed E-state index contributed by atoms with van der Waals surface area (Å²) >= 11 is 0. The predicted octanol–water partition coefficient (Wildman–Crippen LogP) is 1.98. The first kappa shape index (κ1) is 13.6. The standard InChI is InChI=1S/C14H12FN3O2/c1-18-7-11(17)5-12(18)14(19)20-8-10-4-2-3-9(6-16)13(10)15/h2-5,7H,8,17H2,1H3. The zero-order valence-electron chi connectivity index (χ0n) is 10.8. The Labute approximate surface area is 115 Å². The summed E-state index contributed by atoms with van der Waals surface area (Å²) in [5, 5.41) is 8.72. The van der Waals surface area contributed by atoms with Crippen LogP contribution in [-0.2, 0) is 18.4 Å². The highest BCUT2D eigenvalue weighted by molar-refractivity contribution is 5.89. The average molecular weight is 273 g/mol. The number of esters is 1. The average Bonchev–Trinajstić information content (AvgIpc) is 2.76. The van der Waals surface area contributed by atoms with Crippen molar-refractivity contribution in [2.75, 3.05) is 5.73 Å². The molecule has 1 aromatic heterocycles. The number of aromatic nitrogens is 1. The van der Waals surface area contributed by atoms with Crippen LogP contribution in [0.5, 0.6) is 0 Å². The summed E-state index contributed by atoms with van der Waals surface area (Å²) in [6.45, 7) is -0.245. The molecule has 2 aromatic rings. The number of halogens is 1. The number of benzene rings is 1. The third-order valence-electron chi connectivity index (χ3n) is 2.79. The maximum atomic E-state index is 13.8. The molecule has 2 rings (SSSR count). The van der Waals surface area contributed by atoms with E-state index in [1.54, 1.807) is 19.3 Å². The molecular weight excluding hydrogens is 261 g/mol. The summed E-state index contributed by atoms with van der Waals surface area (Å²) in [6, 6.07) is 7.56. The number of hydrogen-bond acceptors (Lipinski definition) is 4. The molecule has 5 nitrogen and oxygen atoms in total. The van der Waals surface area contributed by atoms with Gasteiger partial charge in [0.15, 0.2) is 0 Å². The number of carbonyl (C=O) groups is 1. The van der Waals surface area contributed by atoms with Gasteiger partial charge in [-0.05, 0) is 12.1 Å². The Kier molecular flexibility index (Phi) is 3.71. The smallest absolute Gasteiger partial charge is 0.355 e. The minimum absolute atomic E-state index is 0.0818. The summed E-state index contributed by atoms with van der Waals surface area (Å²) in [7, 11) is 1.66. The van der Waals surface area contributed by atoms with Crippen LogP contribution in [-0.4, -0.2) is 10.5 Å². The van der Waals surface area contributed by atoms with E-state index in [0.29, 0.717) is 5.69 Å². The minimum Gasteiger partial charge on any atom is -0.456 e. The maximum absolute atomic E-state index is 13.8. The topological polar surface area (TPSA) is 81.0 Å². The maximum Gasteiger partial charge on any atom is 0.355 e. The number of carbonyl (C=O) groups excluding carboxylic acids is 1. The summed E-state index contributed by atoms with van der Waals surface area (Å²) in [4.78, 5) is 11.8. The van der Waals surface area contributed by atoms with Crippen molar-refractivity contribution in [2.45, 2.75) is 6.61 Å². The van der Waals surface area contributed by atoms with Gasteiger partial charge in [0.05, 0.1) is 11.3 Å². The first-order chi connectivity index (χ1) is 9.52. The Morgan fingerprint density at radius 2 is 2.30 bits per heavy atom. The molecule has 0 bridgehead atoms. The number of aryl methyl sites for hydroxylation is 1. The van der Waals surface area contributed by atoms with Gasteiger partial charge in [0.2, 0.25) is 0 Å². The van der Waals surface area contributed by atoms with Gasteiger partial charge in [0, 0.05) is 18.8 Å². The van der Waals surface area contributed by atoms with Crippen LogP contribution in [0.25, 0.3) is 0 Å². The van der Waals surface area contributed by atoms with Crippen LogP contribution >= 0.6 is 0 Å². The molecule has 0 atom stereocenters. The van der Waals surface area contributed by atoms with Crippen LogP contribution in [0.3, 0.4) is 0 Å². The predicted molar refractivity (Wildman–Crippen MR) is 70.1 cm³/mol. The second-order valence-corrected chi connectivity index (χ2v) is 4.24. The van der Waals surface area contributed by atoms with Gasteiger partial charge in [-0.3, -0.25) is 0 Å². The molecular formula is C14H12FN3O2. The van der Waals surface area contributed by atoms with Crippen LogP contribution in [0, 0.1) is 17.1 Å². The molecule has 0 saturated carbocycles. The van der Waals surface area contributed by atoms with Crippen LogP contribution < -0.4 is 5.73 Å². The molecule has 0 aliphatic heterocycles. The molecule has 0 saturated heterocycles. The lowest BCUT2D eigenvalue weighted by Gasteiger charge is -2.07. The molecule has 0 radical (unpaired) electrons. The van der Waals surface area contributed by atoms with Crippen LogP contribution in [0.4, 0.5) is 10.1 Å². The second kappa shape index (κ2) is 5.45. The molecule has 0 spiro atoms. The molecule has 0 aliphatic carbocycles. The fourth-order valence-corrected chi connectivity index (χ4v) is 1.79. The molecule has 0 aliphatic rings. The molecule has 1 aromatic carbocycles. The van der Waals surface area contributed by atoms with E-state index < -0.39 is 11.8 Å². The van der Waals surface area contributed by atoms with Crippen molar-refractivity contribution in [3.05, 3.63) is 53.1 Å². The Bertz CT molecular complexity index is 701. The molecule has 102 valence electrons. The highest BCUT2D eigenvalue weighted by Crippen LogP contribution is 2.15. The number of anilines is 1. The van der Waals surface area contributed by atoms with Crippen molar-refractivity contribution < 1.29 is 13.9 Å². The molecule has 0 fully saturated rings. The van der Waals surface area contributed by atoms with E-state index >= 15 is 0 Å². The van der Waals surface area contributed by atoms with E-state index in [2.05, 4.69) is 0 Å². The third-order valence-corrected chi connectivity index (χ3v) is 2.79. The van der Waals surface area contributed by atoms with E-state index in [9.17, 15) is 9.18 Å². The lowest BCUT2D eigenvalue weighted by Crippen LogP contribution is -2.10. The Morgan fingerprint density at radius 3 is 2.90 bits per heavy atom. The monoisotopic (exact) mass is 273 g/mol. The third kappa shape index (κ3) is 2.62. The minimum atomic E-state index is -0.672. The zero-order chi connectivity index (χ0) is 14.7.